The Bertz CT molecular complexity index is 123. The van der Waals surface area contributed by atoms with E-state index < -0.39 is 0 Å². The van der Waals surface area contributed by atoms with Gasteiger partial charge in [-0.15, -0.1) is 0 Å². The van der Waals surface area contributed by atoms with Crippen molar-refractivity contribution in [2.75, 3.05) is 45.9 Å². The summed E-state index contributed by atoms with van der Waals surface area (Å²) in [5.74, 6) is 0. The molecule has 1 aliphatic heterocycles. The zero-order valence-corrected chi connectivity index (χ0v) is 11.4. The molecule has 0 saturated carbocycles. The molecule has 1 aliphatic rings. The number of hydrogen-bond acceptors (Lipinski definition) is 3. The Morgan fingerprint density at radius 2 is 1.62 bits per heavy atom. The van der Waals surface area contributed by atoms with Gasteiger partial charge in [-0.2, -0.15) is 0 Å². The van der Waals surface area contributed by atoms with Crippen LogP contribution in [0, 0.1) is 0 Å². The summed E-state index contributed by atoms with van der Waals surface area (Å²) in [6.07, 6.45) is 4.12. The maximum atomic E-state index is 4.83. The molecule has 0 amide bonds. The summed E-state index contributed by atoms with van der Waals surface area (Å²) < 4.78 is 4.83. The summed E-state index contributed by atoms with van der Waals surface area (Å²) in [4.78, 5) is 2.56. The molecule has 0 unspecified atom stereocenters. The average molecular weight is 230 g/mol. The van der Waals surface area contributed by atoms with Gasteiger partial charge < -0.3 is 15.0 Å². The number of unbranched alkanes of at least 4 members (excludes halogenated alkanes) is 2. The van der Waals surface area contributed by atoms with E-state index in [1.54, 1.807) is 0 Å². The van der Waals surface area contributed by atoms with Crippen LogP contribution in [0.5, 0.6) is 0 Å². The molecule has 0 aromatic carbocycles. The second-order valence-electron chi connectivity index (χ2n) is 4.08. The maximum absolute atomic E-state index is 4.83. The standard InChI is InChI=1S/C9H20N2.C4H10O/c1-2-3-4-7-11-8-5-10-6-9-11;1-3-5-4-2/h10H,2-9H2,1H3;3-4H2,1-2H3. The minimum absolute atomic E-state index is 0.844. The Kier molecular flexibility index (Phi) is 12.9. The Hall–Kier alpha value is -0.120. The highest BCUT2D eigenvalue weighted by atomic mass is 16.5. The van der Waals surface area contributed by atoms with Gasteiger partial charge >= 0.3 is 0 Å². The SMILES string of the molecule is CCCCCN1CCNCC1.CCOCC. The number of nitrogens with zero attached hydrogens (tertiary/aromatic N) is 1. The molecule has 98 valence electrons. The van der Waals surface area contributed by atoms with Crippen LogP contribution < -0.4 is 5.32 Å². The van der Waals surface area contributed by atoms with Gasteiger partial charge in [-0.25, -0.2) is 0 Å². The van der Waals surface area contributed by atoms with Crippen molar-refractivity contribution >= 4 is 0 Å². The molecule has 0 atom stereocenters. The largest absolute Gasteiger partial charge is 0.382 e. The first-order valence-corrected chi connectivity index (χ1v) is 6.85. The topological polar surface area (TPSA) is 24.5 Å². The smallest absolute Gasteiger partial charge is 0.0437 e. The zero-order chi connectivity index (χ0) is 12.1. The number of rotatable bonds is 6. The van der Waals surface area contributed by atoms with Crippen molar-refractivity contribution in [3.05, 3.63) is 0 Å². The lowest BCUT2D eigenvalue weighted by Gasteiger charge is -2.26. The lowest BCUT2D eigenvalue weighted by Crippen LogP contribution is -2.43. The van der Waals surface area contributed by atoms with Crippen LogP contribution in [0.1, 0.15) is 40.0 Å². The zero-order valence-electron chi connectivity index (χ0n) is 11.4. The lowest BCUT2D eigenvalue weighted by atomic mass is 10.2. The van der Waals surface area contributed by atoms with Crippen LogP contribution in [-0.2, 0) is 4.74 Å². The van der Waals surface area contributed by atoms with Gasteiger partial charge in [0.2, 0.25) is 0 Å². The number of piperazine rings is 1. The van der Waals surface area contributed by atoms with E-state index in [1.165, 1.54) is 52.0 Å². The molecule has 0 aliphatic carbocycles. The highest BCUT2D eigenvalue weighted by Gasteiger charge is 2.07. The minimum Gasteiger partial charge on any atom is -0.382 e. The fourth-order valence-electron chi connectivity index (χ4n) is 1.72. The van der Waals surface area contributed by atoms with Gasteiger partial charge in [-0.05, 0) is 26.8 Å². The van der Waals surface area contributed by atoms with Crippen LogP contribution in [0.3, 0.4) is 0 Å². The van der Waals surface area contributed by atoms with Crippen molar-refractivity contribution in [1.29, 1.82) is 0 Å². The van der Waals surface area contributed by atoms with Crippen LogP contribution >= 0.6 is 0 Å². The molecule has 16 heavy (non-hydrogen) atoms. The van der Waals surface area contributed by atoms with Crippen molar-refractivity contribution in [3.63, 3.8) is 0 Å². The number of hydrogen-bond donors (Lipinski definition) is 1. The van der Waals surface area contributed by atoms with Crippen LogP contribution in [-0.4, -0.2) is 50.8 Å². The monoisotopic (exact) mass is 230 g/mol. The molecule has 1 fully saturated rings. The first kappa shape index (κ1) is 15.9. The Balaban J connectivity index is 0.000000385. The first-order chi connectivity index (χ1) is 7.85. The Morgan fingerprint density at radius 3 is 2.06 bits per heavy atom. The minimum atomic E-state index is 0.844. The van der Waals surface area contributed by atoms with E-state index in [0.29, 0.717) is 0 Å². The number of nitrogens with one attached hydrogen (secondary N) is 1. The summed E-state index contributed by atoms with van der Waals surface area (Å²) in [6, 6.07) is 0. The molecule has 1 saturated heterocycles. The van der Waals surface area contributed by atoms with Crippen LogP contribution in [0.15, 0.2) is 0 Å². The van der Waals surface area contributed by atoms with E-state index in [0.717, 1.165) is 13.2 Å². The summed E-state index contributed by atoms with van der Waals surface area (Å²) in [5.41, 5.74) is 0. The number of ether oxygens (including phenoxy) is 1. The van der Waals surface area contributed by atoms with Gasteiger partial charge in [0.15, 0.2) is 0 Å². The normalized spacial score (nSPS) is 16.7. The average Bonchev–Trinajstić information content (AvgIpc) is 2.33. The van der Waals surface area contributed by atoms with E-state index in [2.05, 4.69) is 17.1 Å². The second kappa shape index (κ2) is 12.9. The van der Waals surface area contributed by atoms with E-state index in [1.807, 2.05) is 13.8 Å². The quantitative estimate of drug-likeness (QED) is 0.707. The molecule has 1 rings (SSSR count). The highest BCUT2D eigenvalue weighted by molar-refractivity contribution is 4.66. The van der Waals surface area contributed by atoms with Crippen LogP contribution in [0.2, 0.25) is 0 Å². The fourth-order valence-corrected chi connectivity index (χ4v) is 1.72. The van der Waals surface area contributed by atoms with Gasteiger partial charge in [0, 0.05) is 39.4 Å². The van der Waals surface area contributed by atoms with Crippen molar-refractivity contribution in [1.82, 2.24) is 10.2 Å². The summed E-state index contributed by atoms with van der Waals surface area (Å²) in [5, 5.41) is 3.36. The molecule has 0 aromatic heterocycles. The van der Waals surface area contributed by atoms with E-state index in [-0.39, 0.29) is 0 Å². The van der Waals surface area contributed by atoms with Crippen molar-refractivity contribution < 1.29 is 4.74 Å². The fraction of sp³-hybridized carbons (Fsp3) is 1.00. The third kappa shape index (κ3) is 10.4. The molecule has 1 heterocycles. The lowest BCUT2D eigenvalue weighted by molar-refractivity contribution is 0.162. The highest BCUT2D eigenvalue weighted by Crippen LogP contribution is 1.98. The van der Waals surface area contributed by atoms with Crippen molar-refractivity contribution in [2.24, 2.45) is 0 Å². The predicted octanol–water partition coefficient (Wildman–Crippen LogP) is 2.12. The summed E-state index contributed by atoms with van der Waals surface area (Å²) in [7, 11) is 0. The second-order valence-corrected chi connectivity index (χ2v) is 4.08. The summed E-state index contributed by atoms with van der Waals surface area (Å²) in [6.45, 7) is 14.1. The molecule has 3 heteroatoms. The molecule has 3 nitrogen and oxygen atoms in total. The third-order valence-corrected chi connectivity index (χ3v) is 2.70. The molecule has 0 radical (unpaired) electrons. The van der Waals surface area contributed by atoms with Crippen molar-refractivity contribution in [3.8, 4) is 0 Å². The molecular formula is C13H30N2O. The third-order valence-electron chi connectivity index (χ3n) is 2.70. The molecule has 0 aromatic rings. The van der Waals surface area contributed by atoms with Gasteiger partial charge in [0.05, 0.1) is 0 Å². The van der Waals surface area contributed by atoms with Crippen LogP contribution in [0.25, 0.3) is 0 Å². The van der Waals surface area contributed by atoms with Crippen LogP contribution in [0.4, 0.5) is 0 Å². The van der Waals surface area contributed by atoms with Crippen molar-refractivity contribution in [2.45, 2.75) is 40.0 Å². The first-order valence-electron chi connectivity index (χ1n) is 6.85. The molecular weight excluding hydrogens is 200 g/mol. The van der Waals surface area contributed by atoms with Gasteiger partial charge in [0.1, 0.15) is 0 Å². The van der Waals surface area contributed by atoms with E-state index >= 15 is 0 Å². The summed E-state index contributed by atoms with van der Waals surface area (Å²) >= 11 is 0. The maximum Gasteiger partial charge on any atom is 0.0437 e. The molecule has 0 spiro atoms. The van der Waals surface area contributed by atoms with Gasteiger partial charge in [-0.1, -0.05) is 19.8 Å². The molecule has 0 bridgehead atoms. The van der Waals surface area contributed by atoms with Gasteiger partial charge in [-0.3, -0.25) is 0 Å². The molecule has 1 N–H and O–H groups in total. The van der Waals surface area contributed by atoms with E-state index in [9.17, 15) is 0 Å². The Morgan fingerprint density at radius 1 is 1.00 bits per heavy atom. The van der Waals surface area contributed by atoms with Gasteiger partial charge in [0.25, 0.3) is 0 Å². The Labute approximate surface area is 102 Å². The predicted molar refractivity (Wildman–Crippen MR) is 71.0 cm³/mol. The van der Waals surface area contributed by atoms with E-state index in [4.69, 9.17) is 4.74 Å².